The lowest BCUT2D eigenvalue weighted by atomic mass is 9.87. The van der Waals surface area contributed by atoms with Gasteiger partial charge in [0.15, 0.2) is 5.78 Å². The highest BCUT2D eigenvalue weighted by atomic mass is 16.5. The minimum absolute atomic E-state index is 0.0854. The van der Waals surface area contributed by atoms with Crippen LogP contribution in [0, 0.1) is 11.8 Å². The lowest BCUT2D eigenvalue weighted by molar-refractivity contribution is -0.141. The molecular weight excluding hydrogens is 436 g/mol. The SMILES string of the molecule is CC(C)C(NC(=O)OCc1ccccc1)C(=O)CC1CCCn2cc(cn2)CCNC(=O)C1=O. The number of fused-ring (bicyclic) bond motifs is 2. The molecular formula is C25H32N4O5. The van der Waals surface area contributed by atoms with E-state index in [0.717, 1.165) is 11.1 Å². The molecule has 2 atom stereocenters. The molecule has 9 nitrogen and oxygen atoms in total. The molecule has 182 valence electrons. The molecule has 1 aliphatic rings. The predicted octanol–water partition coefficient (Wildman–Crippen LogP) is 2.43. The van der Waals surface area contributed by atoms with Crippen LogP contribution in [0.5, 0.6) is 0 Å². The summed E-state index contributed by atoms with van der Waals surface area (Å²) >= 11 is 0. The van der Waals surface area contributed by atoms with Crippen molar-refractivity contribution in [3.8, 4) is 0 Å². The first-order chi connectivity index (χ1) is 16.3. The number of ketones is 2. The number of hydrogen-bond acceptors (Lipinski definition) is 6. The number of nitrogens with zero attached hydrogens (tertiary/aromatic N) is 2. The van der Waals surface area contributed by atoms with E-state index in [4.69, 9.17) is 4.74 Å². The van der Waals surface area contributed by atoms with Crippen molar-refractivity contribution in [2.45, 2.75) is 58.7 Å². The van der Waals surface area contributed by atoms with E-state index in [-0.39, 0.29) is 24.7 Å². The van der Waals surface area contributed by atoms with Crippen LogP contribution in [0.2, 0.25) is 0 Å². The van der Waals surface area contributed by atoms with E-state index >= 15 is 0 Å². The summed E-state index contributed by atoms with van der Waals surface area (Å²) in [5.74, 6) is -2.55. The van der Waals surface area contributed by atoms with Gasteiger partial charge in [-0.15, -0.1) is 0 Å². The standard InChI is InChI=1S/C25H32N4O5/c1-17(2)22(28-25(33)34-16-18-7-4-3-5-8-18)21(30)13-20-9-6-12-29-15-19(14-27-29)10-11-26-24(32)23(20)31/h3-5,7-8,14-15,17,20,22H,6,9-13,16H2,1-2H3,(H,26,32)(H,28,33). The number of Topliss-reactive ketones (excluding diaryl/α,β-unsaturated/α-hetero) is 2. The lowest BCUT2D eigenvalue weighted by Crippen LogP contribution is -2.46. The second-order valence-corrected chi connectivity index (χ2v) is 8.92. The number of carbonyl (C=O) groups is 4. The van der Waals surface area contributed by atoms with Crippen molar-refractivity contribution in [2.75, 3.05) is 6.54 Å². The zero-order valence-electron chi connectivity index (χ0n) is 19.7. The van der Waals surface area contributed by atoms with Crippen molar-refractivity contribution in [1.82, 2.24) is 20.4 Å². The van der Waals surface area contributed by atoms with Crippen LogP contribution in [-0.4, -0.2) is 45.9 Å². The number of benzene rings is 1. The van der Waals surface area contributed by atoms with Gasteiger partial charge in [0, 0.05) is 31.6 Å². The van der Waals surface area contributed by atoms with Gasteiger partial charge in [-0.2, -0.15) is 5.10 Å². The molecule has 2 aromatic rings. The fourth-order valence-electron chi connectivity index (χ4n) is 3.96. The Morgan fingerprint density at radius 3 is 2.74 bits per heavy atom. The van der Waals surface area contributed by atoms with Crippen molar-refractivity contribution < 1.29 is 23.9 Å². The van der Waals surface area contributed by atoms with E-state index < -0.39 is 29.7 Å². The third-order valence-electron chi connectivity index (χ3n) is 5.87. The average molecular weight is 469 g/mol. The second kappa shape index (κ2) is 12.1. The summed E-state index contributed by atoms with van der Waals surface area (Å²) in [6, 6.07) is 8.41. The Labute approximate surface area is 199 Å². The number of rotatable bonds is 7. The highest BCUT2D eigenvalue weighted by Gasteiger charge is 2.32. The van der Waals surface area contributed by atoms with Crippen LogP contribution in [0.25, 0.3) is 0 Å². The number of carbonyl (C=O) groups excluding carboxylic acids is 4. The van der Waals surface area contributed by atoms with Crippen LogP contribution in [0.1, 0.15) is 44.2 Å². The number of nitrogens with one attached hydrogen (secondary N) is 2. The summed E-state index contributed by atoms with van der Waals surface area (Å²) < 4.78 is 7.06. The molecule has 0 spiro atoms. The fraction of sp³-hybridized carbons (Fsp3) is 0.480. The molecule has 2 N–H and O–H groups in total. The molecule has 0 fully saturated rings. The topological polar surface area (TPSA) is 119 Å². The first-order valence-electron chi connectivity index (χ1n) is 11.7. The minimum atomic E-state index is -0.825. The summed E-state index contributed by atoms with van der Waals surface area (Å²) in [7, 11) is 0. The largest absolute Gasteiger partial charge is 0.445 e. The van der Waals surface area contributed by atoms with Crippen molar-refractivity contribution >= 4 is 23.6 Å². The molecule has 1 aromatic carbocycles. The number of amides is 2. The Morgan fingerprint density at radius 1 is 1.24 bits per heavy atom. The summed E-state index contributed by atoms with van der Waals surface area (Å²) in [5.41, 5.74) is 1.82. The average Bonchev–Trinajstić information content (AvgIpc) is 3.27. The van der Waals surface area contributed by atoms with Gasteiger partial charge >= 0.3 is 6.09 Å². The van der Waals surface area contributed by atoms with Crippen molar-refractivity contribution in [2.24, 2.45) is 11.8 Å². The van der Waals surface area contributed by atoms with Gasteiger partial charge in [-0.3, -0.25) is 19.1 Å². The van der Waals surface area contributed by atoms with Crippen LogP contribution in [0.4, 0.5) is 4.79 Å². The molecule has 34 heavy (non-hydrogen) atoms. The van der Waals surface area contributed by atoms with Crippen LogP contribution >= 0.6 is 0 Å². The summed E-state index contributed by atoms with van der Waals surface area (Å²) in [6.07, 6.45) is 4.39. The van der Waals surface area contributed by atoms with E-state index in [2.05, 4.69) is 15.7 Å². The molecule has 1 aromatic heterocycles. The van der Waals surface area contributed by atoms with Gasteiger partial charge < -0.3 is 15.4 Å². The highest BCUT2D eigenvalue weighted by molar-refractivity contribution is 6.37. The maximum atomic E-state index is 13.1. The molecule has 0 aliphatic carbocycles. The van der Waals surface area contributed by atoms with Gasteiger partial charge in [0.05, 0.1) is 12.2 Å². The summed E-state index contributed by atoms with van der Waals surface area (Å²) in [6.45, 7) is 4.62. The first kappa shape index (κ1) is 25.1. The maximum Gasteiger partial charge on any atom is 0.408 e. The number of alkyl carbamates (subject to hydrolysis) is 1. The molecule has 0 saturated heterocycles. The molecule has 9 heteroatoms. The zero-order chi connectivity index (χ0) is 24.5. The van der Waals surface area contributed by atoms with E-state index in [1.54, 1.807) is 6.20 Å². The quantitative estimate of drug-likeness (QED) is 0.603. The monoisotopic (exact) mass is 468 g/mol. The normalized spacial score (nSPS) is 17.8. The molecule has 3 rings (SSSR count). The Hall–Kier alpha value is -3.49. The Kier molecular flexibility index (Phi) is 8.95. The lowest BCUT2D eigenvalue weighted by Gasteiger charge is -2.23. The molecule has 2 bridgehead atoms. The molecule has 1 aliphatic heterocycles. The third-order valence-corrected chi connectivity index (χ3v) is 5.87. The molecule has 2 heterocycles. The van der Waals surface area contributed by atoms with Gasteiger partial charge in [0.2, 0.25) is 5.78 Å². The molecule has 0 radical (unpaired) electrons. The second-order valence-electron chi connectivity index (χ2n) is 8.92. The number of aromatic nitrogens is 2. The Balaban J connectivity index is 1.62. The number of hydrogen-bond donors (Lipinski definition) is 2. The molecule has 0 saturated carbocycles. The summed E-state index contributed by atoms with van der Waals surface area (Å²) in [4.78, 5) is 50.7. The van der Waals surface area contributed by atoms with Gasteiger partial charge in [0.25, 0.3) is 5.91 Å². The fourth-order valence-corrected chi connectivity index (χ4v) is 3.96. The van der Waals surface area contributed by atoms with Crippen molar-refractivity contribution in [3.05, 3.63) is 53.9 Å². The number of ether oxygens (including phenoxy) is 1. The van der Waals surface area contributed by atoms with Crippen LogP contribution in [0.15, 0.2) is 42.7 Å². The third kappa shape index (κ3) is 7.26. The highest BCUT2D eigenvalue weighted by Crippen LogP contribution is 2.19. The first-order valence-corrected chi connectivity index (χ1v) is 11.7. The zero-order valence-corrected chi connectivity index (χ0v) is 19.7. The Bertz CT molecular complexity index is 1000. The number of aryl methyl sites for hydroxylation is 1. The van der Waals surface area contributed by atoms with Crippen molar-refractivity contribution in [1.29, 1.82) is 0 Å². The van der Waals surface area contributed by atoms with Crippen LogP contribution in [0.3, 0.4) is 0 Å². The van der Waals surface area contributed by atoms with Crippen LogP contribution in [-0.2, 0) is 38.7 Å². The van der Waals surface area contributed by atoms with Gasteiger partial charge in [0.1, 0.15) is 6.61 Å². The maximum absolute atomic E-state index is 13.1. The van der Waals surface area contributed by atoms with E-state index in [9.17, 15) is 19.2 Å². The minimum Gasteiger partial charge on any atom is -0.445 e. The molecule has 2 amide bonds. The van der Waals surface area contributed by atoms with Crippen LogP contribution < -0.4 is 10.6 Å². The Morgan fingerprint density at radius 2 is 2.00 bits per heavy atom. The van der Waals surface area contributed by atoms with Gasteiger partial charge in [-0.1, -0.05) is 44.2 Å². The van der Waals surface area contributed by atoms with Gasteiger partial charge in [-0.25, -0.2) is 4.79 Å². The van der Waals surface area contributed by atoms with Crippen molar-refractivity contribution in [3.63, 3.8) is 0 Å². The molecule has 2 unspecified atom stereocenters. The van der Waals surface area contributed by atoms with Gasteiger partial charge in [-0.05, 0) is 36.3 Å². The van der Waals surface area contributed by atoms with E-state index in [1.165, 1.54) is 0 Å². The smallest absolute Gasteiger partial charge is 0.408 e. The van der Waals surface area contributed by atoms with E-state index in [1.807, 2.05) is 55.1 Å². The summed E-state index contributed by atoms with van der Waals surface area (Å²) in [5, 5.41) is 9.58. The van der Waals surface area contributed by atoms with E-state index in [0.29, 0.717) is 32.4 Å². The predicted molar refractivity (Wildman–Crippen MR) is 125 cm³/mol.